The summed E-state index contributed by atoms with van der Waals surface area (Å²) in [5, 5.41) is 0. The van der Waals surface area contributed by atoms with Gasteiger partial charge in [0, 0.05) is 0 Å². The Morgan fingerprint density at radius 2 is 1.56 bits per heavy atom. The van der Waals surface area contributed by atoms with Crippen molar-refractivity contribution in [3.05, 3.63) is 21.5 Å². The van der Waals surface area contributed by atoms with E-state index in [1.807, 2.05) is 0 Å². The van der Waals surface area contributed by atoms with Crippen molar-refractivity contribution < 1.29 is 26.0 Å². The van der Waals surface area contributed by atoms with Crippen molar-refractivity contribution in [1.82, 2.24) is 0 Å². The summed E-state index contributed by atoms with van der Waals surface area (Å²) in [5.41, 5.74) is 0. The molecule has 0 N–H and O–H groups in total. The van der Waals surface area contributed by atoms with Crippen molar-refractivity contribution in [2.45, 2.75) is 38.7 Å². The van der Waals surface area contributed by atoms with E-state index in [2.05, 4.69) is 50.5 Å². The third-order valence-corrected chi connectivity index (χ3v) is 53.9. The molecule has 3 nitrogen and oxygen atoms in total. The molecule has 0 saturated heterocycles. The number of hydrogen-bond donors (Lipinski definition) is 0. The third-order valence-electron chi connectivity index (χ3n) is 3.60. The average Bonchev–Trinajstić information content (AvgIpc) is 2.84. The molecule has 0 aliphatic heterocycles. The topological polar surface area (TPSA) is 27.7 Å². The van der Waals surface area contributed by atoms with Crippen LogP contribution in [0.1, 0.15) is 27.2 Å². The van der Waals surface area contributed by atoms with E-state index in [0.29, 0.717) is 19.8 Å². The molecule has 1 rings (SSSR count). The van der Waals surface area contributed by atoms with Gasteiger partial charge < -0.3 is 0 Å². The Morgan fingerprint density at radius 1 is 1.06 bits per heavy atom. The van der Waals surface area contributed by atoms with Crippen molar-refractivity contribution >= 4 is 10.6 Å². The summed E-state index contributed by atoms with van der Waals surface area (Å²) in [6, 6.07) is 0. The third kappa shape index (κ3) is 2.78. The Morgan fingerprint density at radius 3 is 1.83 bits per heavy atom. The van der Waals surface area contributed by atoms with Gasteiger partial charge in [-0.25, -0.2) is 0 Å². The predicted molar refractivity (Wildman–Crippen MR) is 75.6 cm³/mol. The van der Waals surface area contributed by atoms with E-state index in [9.17, 15) is 0 Å². The Bertz CT molecular complexity index is 319. The normalized spacial score (nSPS) is 17.9. The minimum absolute atomic E-state index is 0.687. The quantitative estimate of drug-likeness (QED) is 0.590. The first-order valence-corrected chi connectivity index (χ1v) is 24.7. The molecule has 1 aliphatic rings. The van der Waals surface area contributed by atoms with Crippen LogP contribution in [0.2, 0.25) is 11.5 Å². The van der Waals surface area contributed by atoms with Gasteiger partial charge in [0.2, 0.25) is 0 Å². The van der Waals surface area contributed by atoms with Crippen molar-refractivity contribution in [1.29, 1.82) is 0 Å². The molecule has 0 spiro atoms. The second-order valence-corrected chi connectivity index (χ2v) is 45.7. The summed E-state index contributed by atoms with van der Waals surface area (Å²) in [7, 11) is -1.75. The van der Waals surface area contributed by atoms with Gasteiger partial charge in [0.05, 0.1) is 0 Å². The molecule has 0 fully saturated rings. The van der Waals surface area contributed by atoms with Gasteiger partial charge >= 0.3 is 117 Å². The predicted octanol–water partition coefficient (Wildman–Crippen LogP) is 3.36. The molecule has 1 aliphatic carbocycles. The van der Waals surface area contributed by atoms with Gasteiger partial charge in [0.1, 0.15) is 0 Å². The van der Waals surface area contributed by atoms with Crippen LogP contribution in [0.5, 0.6) is 0 Å². The Labute approximate surface area is 116 Å². The van der Waals surface area contributed by atoms with Crippen molar-refractivity contribution in [3.8, 4) is 0 Å². The molecule has 0 unspecified atom stereocenters. The molecule has 18 heavy (non-hydrogen) atoms. The zero-order valence-electron chi connectivity index (χ0n) is 12.4. The number of allylic oxidation sites excluding steroid dienone is 4. The van der Waals surface area contributed by atoms with Crippen LogP contribution < -0.4 is 0 Å². The van der Waals surface area contributed by atoms with Crippen LogP contribution in [0.25, 0.3) is 0 Å². The molecule has 0 saturated carbocycles. The fourth-order valence-corrected chi connectivity index (χ4v) is 45.8. The van der Waals surface area contributed by atoms with Crippen LogP contribution in [-0.4, -0.2) is 30.4 Å². The molecule has 5 heteroatoms. The molecule has 0 radical (unpaired) electrons. The average molecular weight is 395 g/mol. The zero-order chi connectivity index (χ0) is 13.7. The van der Waals surface area contributed by atoms with Gasteiger partial charge in [0.25, 0.3) is 0 Å². The van der Waals surface area contributed by atoms with Gasteiger partial charge in [-0.05, 0) is 0 Å². The van der Waals surface area contributed by atoms with Crippen LogP contribution in [0.4, 0.5) is 0 Å². The first kappa shape index (κ1) is 16.8. The van der Waals surface area contributed by atoms with E-state index >= 15 is 0 Å². The van der Waals surface area contributed by atoms with Crippen molar-refractivity contribution in [2.24, 2.45) is 0 Å². The summed E-state index contributed by atoms with van der Waals surface area (Å²) in [6.07, 6.45) is 7.45. The van der Waals surface area contributed by atoms with Crippen LogP contribution in [0.3, 0.4) is 0 Å². The maximum absolute atomic E-state index is 6.38. The van der Waals surface area contributed by atoms with Crippen LogP contribution in [0, 0.1) is 0 Å². The standard InChI is InChI=1S/C5H5.C2H7Ge.3C2H5O.Zr/c1-2-4-5-3-1;1-3-2;3*1-2-3;/h1-3H,4H2;3H,1-2H3;3*2H2,1H3;/q;;3*-1;+3. The van der Waals surface area contributed by atoms with Crippen LogP contribution in [-0.2, 0) is 26.0 Å². The van der Waals surface area contributed by atoms with Gasteiger partial charge in [-0.2, -0.15) is 0 Å². The van der Waals surface area contributed by atoms with Gasteiger partial charge in [-0.15, -0.1) is 0 Å². The molecular formula is C13H27GeO3Zr. The summed E-state index contributed by atoms with van der Waals surface area (Å²) in [6.45, 7) is 8.22. The molecule has 0 bridgehead atoms. The van der Waals surface area contributed by atoms with E-state index < -0.39 is 28.2 Å². The second kappa shape index (κ2) is 6.98. The van der Waals surface area contributed by atoms with Crippen molar-refractivity contribution in [2.75, 3.05) is 19.8 Å². The van der Waals surface area contributed by atoms with E-state index in [4.69, 9.17) is 8.44 Å². The summed E-state index contributed by atoms with van der Waals surface area (Å²) < 4.78 is 20.5. The molecule has 0 aromatic rings. The maximum atomic E-state index is 6.38. The summed E-state index contributed by atoms with van der Waals surface area (Å²) in [5.74, 6) is 4.72. The SMILES string of the molecule is CC[O][Zr]([O]CC)([O]CC)([C]1=CC=CC1)[GeH]([CH3])[CH3]. The molecule has 105 valence electrons. The Kier molecular flexibility index (Phi) is 6.53. The molecule has 0 atom stereocenters. The monoisotopic (exact) mass is 395 g/mol. The van der Waals surface area contributed by atoms with Gasteiger partial charge in [-0.3, -0.25) is 0 Å². The summed E-state index contributed by atoms with van der Waals surface area (Å²) >= 11 is -4.05. The van der Waals surface area contributed by atoms with E-state index in [-0.39, 0.29) is 0 Å². The Hall–Kier alpha value is 0.786. The van der Waals surface area contributed by atoms with Crippen LogP contribution in [0.15, 0.2) is 21.5 Å². The van der Waals surface area contributed by atoms with E-state index in [0.717, 1.165) is 6.42 Å². The van der Waals surface area contributed by atoms with Gasteiger partial charge in [0.15, 0.2) is 0 Å². The molecule has 0 amide bonds. The summed E-state index contributed by atoms with van der Waals surface area (Å²) in [4.78, 5) is 0. The molecule has 0 heterocycles. The van der Waals surface area contributed by atoms with Crippen LogP contribution >= 0.6 is 0 Å². The first-order valence-electron chi connectivity index (χ1n) is 7.01. The zero-order valence-corrected chi connectivity index (χ0v) is 17.2. The number of rotatable bonds is 8. The fourth-order valence-electron chi connectivity index (χ4n) is 2.88. The minimum atomic E-state index is -4.05. The molecular weight excluding hydrogens is 368 g/mol. The second-order valence-electron chi connectivity index (χ2n) is 4.83. The van der Waals surface area contributed by atoms with Crippen molar-refractivity contribution in [3.63, 3.8) is 0 Å². The number of hydrogen-bond acceptors (Lipinski definition) is 3. The molecule has 0 aromatic heterocycles. The van der Waals surface area contributed by atoms with Gasteiger partial charge in [-0.1, -0.05) is 0 Å². The molecule has 0 aromatic carbocycles. The van der Waals surface area contributed by atoms with E-state index in [1.54, 1.807) is 0 Å². The fraction of sp³-hybridized carbons (Fsp3) is 0.692. The Balaban J connectivity index is 3.31. The first-order chi connectivity index (χ1) is 8.56. The van der Waals surface area contributed by atoms with E-state index in [1.165, 1.54) is 3.28 Å².